The SMILES string of the molecule is COc1ccc(CC(=O)NCc2nc3cccnc3n2Cc2ccc(F)cc2)cc1. The molecular formula is C23H21FN4O2. The summed E-state index contributed by atoms with van der Waals surface area (Å²) >= 11 is 0. The van der Waals surface area contributed by atoms with Crippen LogP contribution in [-0.4, -0.2) is 27.6 Å². The third-order valence-corrected chi connectivity index (χ3v) is 4.80. The molecule has 0 saturated carbocycles. The number of imidazole rings is 1. The summed E-state index contributed by atoms with van der Waals surface area (Å²) in [5.74, 6) is 1.06. The number of halogens is 1. The Morgan fingerprint density at radius 2 is 1.80 bits per heavy atom. The lowest BCUT2D eigenvalue weighted by atomic mass is 10.1. The number of pyridine rings is 1. The number of benzene rings is 2. The minimum Gasteiger partial charge on any atom is -0.497 e. The highest BCUT2D eigenvalue weighted by Crippen LogP contribution is 2.17. The van der Waals surface area contributed by atoms with Crippen LogP contribution in [0.1, 0.15) is 17.0 Å². The molecule has 0 bridgehead atoms. The Balaban J connectivity index is 1.50. The van der Waals surface area contributed by atoms with E-state index < -0.39 is 0 Å². The average Bonchev–Trinajstić information content (AvgIpc) is 3.12. The molecule has 152 valence electrons. The molecule has 2 aromatic carbocycles. The second kappa shape index (κ2) is 8.73. The van der Waals surface area contributed by atoms with Gasteiger partial charge in [0.25, 0.3) is 0 Å². The number of rotatable bonds is 7. The van der Waals surface area contributed by atoms with Crippen molar-refractivity contribution in [1.29, 1.82) is 0 Å². The van der Waals surface area contributed by atoms with E-state index in [9.17, 15) is 9.18 Å². The van der Waals surface area contributed by atoms with Gasteiger partial charge in [-0.1, -0.05) is 24.3 Å². The monoisotopic (exact) mass is 404 g/mol. The largest absolute Gasteiger partial charge is 0.497 e. The van der Waals surface area contributed by atoms with Crippen molar-refractivity contribution in [1.82, 2.24) is 19.9 Å². The summed E-state index contributed by atoms with van der Waals surface area (Å²) in [6, 6.07) is 17.4. The topological polar surface area (TPSA) is 69.0 Å². The molecule has 0 atom stereocenters. The minimum atomic E-state index is -0.279. The van der Waals surface area contributed by atoms with Gasteiger partial charge in [-0.15, -0.1) is 0 Å². The zero-order valence-electron chi connectivity index (χ0n) is 16.5. The molecule has 0 saturated heterocycles. The van der Waals surface area contributed by atoms with Gasteiger partial charge in [0.15, 0.2) is 5.65 Å². The van der Waals surface area contributed by atoms with Crippen LogP contribution in [0.2, 0.25) is 0 Å². The van der Waals surface area contributed by atoms with E-state index in [-0.39, 0.29) is 24.7 Å². The predicted octanol–water partition coefficient (Wildman–Crippen LogP) is 3.49. The Kier molecular flexibility index (Phi) is 5.70. The summed E-state index contributed by atoms with van der Waals surface area (Å²) < 4.78 is 20.3. The van der Waals surface area contributed by atoms with Crippen molar-refractivity contribution in [2.75, 3.05) is 7.11 Å². The number of carbonyl (C=O) groups excluding carboxylic acids is 1. The fourth-order valence-electron chi connectivity index (χ4n) is 3.25. The second-order valence-electron chi connectivity index (χ2n) is 6.89. The Morgan fingerprint density at radius 1 is 1.07 bits per heavy atom. The summed E-state index contributed by atoms with van der Waals surface area (Å²) in [6.45, 7) is 0.754. The van der Waals surface area contributed by atoms with Crippen LogP contribution in [0.5, 0.6) is 5.75 Å². The van der Waals surface area contributed by atoms with Crippen LogP contribution in [-0.2, 0) is 24.3 Å². The van der Waals surface area contributed by atoms with E-state index in [2.05, 4.69) is 15.3 Å². The lowest BCUT2D eigenvalue weighted by Gasteiger charge is -2.10. The van der Waals surface area contributed by atoms with Gasteiger partial charge in [-0.05, 0) is 47.5 Å². The molecule has 2 aromatic heterocycles. The van der Waals surface area contributed by atoms with Crippen LogP contribution in [0.4, 0.5) is 4.39 Å². The molecule has 0 spiro atoms. The molecular weight excluding hydrogens is 383 g/mol. The van der Waals surface area contributed by atoms with Crippen molar-refractivity contribution in [3.8, 4) is 5.75 Å². The molecule has 4 aromatic rings. The maximum absolute atomic E-state index is 13.2. The van der Waals surface area contributed by atoms with Crippen molar-refractivity contribution in [2.24, 2.45) is 0 Å². The normalized spacial score (nSPS) is 10.9. The number of hydrogen-bond acceptors (Lipinski definition) is 4. The highest BCUT2D eigenvalue weighted by atomic mass is 19.1. The number of nitrogens with zero attached hydrogens (tertiary/aromatic N) is 3. The molecule has 0 fully saturated rings. The summed E-state index contributed by atoms with van der Waals surface area (Å²) in [4.78, 5) is 21.5. The summed E-state index contributed by atoms with van der Waals surface area (Å²) in [7, 11) is 1.61. The van der Waals surface area contributed by atoms with Gasteiger partial charge in [0.2, 0.25) is 5.91 Å². The van der Waals surface area contributed by atoms with Crippen LogP contribution in [0.25, 0.3) is 11.2 Å². The van der Waals surface area contributed by atoms with Gasteiger partial charge in [-0.3, -0.25) is 4.79 Å². The number of carbonyl (C=O) groups is 1. The summed E-state index contributed by atoms with van der Waals surface area (Å²) in [6.07, 6.45) is 1.97. The lowest BCUT2D eigenvalue weighted by Crippen LogP contribution is -2.26. The Labute approximate surface area is 173 Å². The fraction of sp³-hybridized carbons (Fsp3) is 0.174. The zero-order valence-corrected chi connectivity index (χ0v) is 16.5. The highest BCUT2D eigenvalue weighted by molar-refractivity contribution is 5.78. The number of hydrogen-bond donors (Lipinski definition) is 1. The van der Waals surface area contributed by atoms with Gasteiger partial charge in [-0.25, -0.2) is 14.4 Å². The van der Waals surface area contributed by atoms with E-state index in [1.54, 1.807) is 25.4 Å². The van der Waals surface area contributed by atoms with Gasteiger partial charge in [0, 0.05) is 6.20 Å². The van der Waals surface area contributed by atoms with Crippen LogP contribution in [0.3, 0.4) is 0 Å². The standard InChI is InChI=1S/C23H21FN4O2/c1-30-19-10-6-16(7-11-19)13-22(29)26-14-21-27-20-3-2-12-25-23(20)28(21)15-17-4-8-18(24)9-5-17/h2-12H,13-15H2,1H3,(H,26,29). The van der Waals surface area contributed by atoms with Gasteiger partial charge < -0.3 is 14.6 Å². The quantitative estimate of drug-likeness (QED) is 0.512. The first kappa shape index (κ1) is 19.6. The predicted molar refractivity (Wildman–Crippen MR) is 112 cm³/mol. The number of methoxy groups -OCH3 is 1. The van der Waals surface area contributed by atoms with Crippen LogP contribution < -0.4 is 10.1 Å². The molecule has 7 heteroatoms. The Bertz CT molecular complexity index is 1150. The Morgan fingerprint density at radius 3 is 2.53 bits per heavy atom. The van der Waals surface area contributed by atoms with E-state index >= 15 is 0 Å². The number of nitrogens with one attached hydrogen (secondary N) is 1. The molecule has 0 unspecified atom stereocenters. The first-order chi connectivity index (χ1) is 14.6. The van der Waals surface area contributed by atoms with E-state index in [4.69, 9.17) is 4.74 Å². The van der Waals surface area contributed by atoms with Crippen molar-refractivity contribution in [2.45, 2.75) is 19.5 Å². The molecule has 0 radical (unpaired) electrons. The van der Waals surface area contributed by atoms with Crippen LogP contribution >= 0.6 is 0 Å². The van der Waals surface area contributed by atoms with Crippen LogP contribution in [0, 0.1) is 5.82 Å². The number of ether oxygens (including phenoxy) is 1. The van der Waals surface area contributed by atoms with Crippen molar-refractivity contribution in [3.05, 3.63) is 89.6 Å². The zero-order chi connectivity index (χ0) is 20.9. The van der Waals surface area contributed by atoms with Crippen molar-refractivity contribution in [3.63, 3.8) is 0 Å². The van der Waals surface area contributed by atoms with Crippen molar-refractivity contribution >= 4 is 17.1 Å². The van der Waals surface area contributed by atoms with Crippen molar-refractivity contribution < 1.29 is 13.9 Å². The second-order valence-corrected chi connectivity index (χ2v) is 6.89. The first-order valence-corrected chi connectivity index (χ1v) is 9.56. The number of fused-ring (bicyclic) bond motifs is 1. The van der Waals surface area contributed by atoms with E-state index in [0.717, 1.165) is 28.0 Å². The van der Waals surface area contributed by atoms with Gasteiger partial charge in [0.05, 0.1) is 26.6 Å². The highest BCUT2D eigenvalue weighted by Gasteiger charge is 2.13. The minimum absolute atomic E-state index is 0.103. The molecule has 4 rings (SSSR count). The molecule has 1 N–H and O–H groups in total. The molecule has 1 amide bonds. The molecule has 0 aliphatic rings. The van der Waals surface area contributed by atoms with Gasteiger partial charge >= 0.3 is 0 Å². The van der Waals surface area contributed by atoms with E-state index in [1.165, 1.54) is 12.1 Å². The maximum Gasteiger partial charge on any atom is 0.224 e. The smallest absolute Gasteiger partial charge is 0.224 e. The third-order valence-electron chi connectivity index (χ3n) is 4.80. The average molecular weight is 404 g/mol. The van der Waals surface area contributed by atoms with E-state index in [1.807, 2.05) is 41.0 Å². The number of aromatic nitrogens is 3. The third kappa shape index (κ3) is 4.46. The molecule has 0 aliphatic heterocycles. The summed E-state index contributed by atoms with van der Waals surface area (Å²) in [5, 5.41) is 2.93. The molecule has 0 aliphatic carbocycles. The first-order valence-electron chi connectivity index (χ1n) is 9.56. The van der Waals surface area contributed by atoms with Gasteiger partial charge in [-0.2, -0.15) is 0 Å². The molecule has 6 nitrogen and oxygen atoms in total. The number of amides is 1. The van der Waals surface area contributed by atoms with Gasteiger partial charge in [0.1, 0.15) is 22.9 Å². The van der Waals surface area contributed by atoms with E-state index in [0.29, 0.717) is 12.4 Å². The fourth-order valence-corrected chi connectivity index (χ4v) is 3.25. The maximum atomic E-state index is 13.2. The Hall–Kier alpha value is -3.74. The van der Waals surface area contributed by atoms with Crippen LogP contribution in [0.15, 0.2) is 66.9 Å². The lowest BCUT2D eigenvalue weighted by molar-refractivity contribution is -0.120. The molecule has 30 heavy (non-hydrogen) atoms. The summed E-state index contributed by atoms with van der Waals surface area (Å²) in [5.41, 5.74) is 3.29. The molecule has 2 heterocycles.